The van der Waals surface area contributed by atoms with Crippen molar-refractivity contribution >= 4 is 11.7 Å². The summed E-state index contributed by atoms with van der Waals surface area (Å²) >= 11 is 0. The first kappa shape index (κ1) is 19.4. The number of nitrogens with zero attached hydrogens (tertiary/aromatic N) is 2. The molecule has 2 aliphatic heterocycles. The Hall–Kier alpha value is -2.89. The van der Waals surface area contributed by atoms with E-state index in [1.165, 1.54) is 16.8 Å². The predicted molar refractivity (Wildman–Crippen MR) is 114 cm³/mol. The Kier molecular flexibility index (Phi) is 5.51. The molecule has 1 saturated heterocycles. The lowest BCUT2D eigenvalue weighted by Crippen LogP contribution is -2.52. The van der Waals surface area contributed by atoms with Crippen molar-refractivity contribution < 1.29 is 14.3 Å². The molecule has 154 valence electrons. The Morgan fingerprint density at radius 3 is 2.59 bits per heavy atom. The number of hydrogen-bond donors (Lipinski definition) is 1. The van der Waals surface area contributed by atoms with Gasteiger partial charge >= 0.3 is 6.03 Å². The van der Waals surface area contributed by atoms with Gasteiger partial charge < -0.3 is 24.6 Å². The maximum atomic E-state index is 12.6. The molecule has 2 aromatic rings. The first-order valence-electron chi connectivity index (χ1n) is 10.3. The van der Waals surface area contributed by atoms with Crippen LogP contribution in [0.5, 0.6) is 11.5 Å². The average molecular weight is 396 g/mol. The SMILES string of the molecule is Cc1cccc(C(C)C)c1N1CCN(C(=O)NCc2ccc3c(c2)OCO3)CC1. The van der Waals surface area contributed by atoms with E-state index in [9.17, 15) is 4.79 Å². The van der Waals surface area contributed by atoms with Crippen LogP contribution < -0.4 is 19.7 Å². The third-order valence-electron chi connectivity index (χ3n) is 5.65. The van der Waals surface area contributed by atoms with Crippen molar-refractivity contribution in [1.29, 1.82) is 0 Å². The molecule has 0 aromatic heterocycles. The van der Waals surface area contributed by atoms with Gasteiger partial charge in [0, 0.05) is 38.4 Å². The number of piperazine rings is 1. The molecule has 2 aliphatic rings. The van der Waals surface area contributed by atoms with E-state index in [-0.39, 0.29) is 12.8 Å². The van der Waals surface area contributed by atoms with Gasteiger partial charge in [0.05, 0.1) is 0 Å². The van der Waals surface area contributed by atoms with Gasteiger partial charge in [0.25, 0.3) is 0 Å². The van der Waals surface area contributed by atoms with E-state index in [1.54, 1.807) is 0 Å². The Morgan fingerprint density at radius 1 is 1.07 bits per heavy atom. The fourth-order valence-electron chi connectivity index (χ4n) is 4.05. The van der Waals surface area contributed by atoms with Crippen molar-refractivity contribution in [2.75, 3.05) is 37.9 Å². The molecular formula is C23H29N3O3. The maximum Gasteiger partial charge on any atom is 0.317 e. The minimum atomic E-state index is -0.0174. The largest absolute Gasteiger partial charge is 0.454 e. The molecule has 6 heteroatoms. The number of carbonyl (C=O) groups is 1. The quantitative estimate of drug-likeness (QED) is 0.854. The van der Waals surface area contributed by atoms with Crippen LogP contribution in [0.15, 0.2) is 36.4 Å². The van der Waals surface area contributed by atoms with Gasteiger partial charge in [-0.3, -0.25) is 0 Å². The molecule has 4 rings (SSSR count). The van der Waals surface area contributed by atoms with E-state index < -0.39 is 0 Å². The number of para-hydroxylation sites is 1. The summed E-state index contributed by atoms with van der Waals surface area (Å²) in [6.07, 6.45) is 0. The second kappa shape index (κ2) is 8.23. The Bertz CT molecular complexity index is 889. The number of ether oxygens (including phenoxy) is 2. The van der Waals surface area contributed by atoms with Crippen LogP contribution in [0.1, 0.15) is 36.5 Å². The van der Waals surface area contributed by atoms with Crippen molar-refractivity contribution in [3.8, 4) is 11.5 Å². The number of nitrogens with one attached hydrogen (secondary N) is 1. The van der Waals surface area contributed by atoms with Gasteiger partial charge in [0.2, 0.25) is 6.79 Å². The van der Waals surface area contributed by atoms with E-state index in [0.29, 0.717) is 12.5 Å². The highest BCUT2D eigenvalue weighted by Gasteiger charge is 2.24. The highest BCUT2D eigenvalue weighted by molar-refractivity contribution is 5.74. The van der Waals surface area contributed by atoms with E-state index in [1.807, 2.05) is 23.1 Å². The highest BCUT2D eigenvalue weighted by atomic mass is 16.7. The molecule has 0 saturated carbocycles. The maximum absolute atomic E-state index is 12.6. The molecule has 0 aliphatic carbocycles. The third kappa shape index (κ3) is 4.11. The molecule has 0 bridgehead atoms. The van der Waals surface area contributed by atoms with Gasteiger partial charge in [-0.15, -0.1) is 0 Å². The fraction of sp³-hybridized carbons (Fsp3) is 0.435. The Labute approximate surface area is 172 Å². The second-order valence-electron chi connectivity index (χ2n) is 7.99. The van der Waals surface area contributed by atoms with Crippen LogP contribution >= 0.6 is 0 Å². The van der Waals surface area contributed by atoms with Crippen LogP contribution in [0.4, 0.5) is 10.5 Å². The zero-order chi connectivity index (χ0) is 20.4. The number of hydrogen-bond acceptors (Lipinski definition) is 4. The van der Waals surface area contributed by atoms with Crippen molar-refractivity contribution in [3.63, 3.8) is 0 Å². The summed E-state index contributed by atoms with van der Waals surface area (Å²) in [6, 6.07) is 12.3. The summed E-state index contributed by atoms with van der Waals surface area (Å²) in [5.74, 6) is 1.98. The molecular weight excluding hydrogens is 366 g/mol. The van der Waals surface area contributed by atoms with Gasteiger partial charge in [-0.1, -0.05) is 38.1 Å². The van der Waals surface area contributed by atoms with E-state index >= 15 is 0 Å². The number of benzene rings is 2. The summed E-state index contributed by atoms with van der Waals surface area (Å²) in [5, 5.41) is 3.03. The summed E-state index contributed by atoms with van der Waals surface area (Å²) in [6.45, 7) is 10.5. The van der Waals surface area contributed by atoms with Crippen molar-refractivity contribution in [2.45, 2.75) is 33.2 Å². The fourth-order valence-corrected chi connectivity index (χ4v) is 4.05. The normalized spacial score (nSPS) is 15.7. The van der Waals surface area contributed by atoms with Crippen LogP contribution in [0.3, 0.4) is 0 Å². The standard InChI is InChI=1S/C23H29N3O3/c1-16(2)19-6-4-5-17(3)22(19)25-9-11-26(12-10-25)23(27)24-14-18-7-8-20-21(13-18)29-15-28-20/h4-8,13,16H,9-12,14-15H2,1-3H3,(H,24,27). The van der Waals surface area contributed by atoms with Gasteiger partial charge in [-0.25, -0.2) is 4.79 Å². The van der Waals surface area contributed by atoms with Gasteiger partial charge in [0.15, 0.2) is 11.5 Å². The molecule has 2 amide bonds. The molecule has 1 N–H and O–H groups in total. The van der Waals surface area contributed by atoms with Gasteiger partial charge in [-0.2, -0.15) is 0 Å². The summed E-state index contributed by atoms with van der Waals surface area (Å²) in [7, 11) is 0. The summed E-state index contributed by atoms with van der Waals surface area (Å²) in [5.41, 5.74) is 5.02. The number of carbonyl (C=O) groups excluding carboxylic acids is 1. The molecule has 0 atom stereocenters. The topological polar surface area (TPSA) is 54.0 Å². The van der Waals surface area contributed by atoms with Crippen molar-refractivity contribution in [3.05, 3.63) is 53.1 Å². The molecule has 6 nitrogen and oxygen atoms in total. The number of anilines is 1. The highest BCUT2D eigenvalue weighted by Crippen LogP contribution is 2.33. The predicted octanol–water partition coefficient (Wildman–Crippen LogP) is 3.88. The van der Waals surface area contributed by atoms with Crippen LogP contribution in [0, 0.1) is 6.92 Å². The van der Waals surface area contributed by atoms with Crippen LogP contribution in [0.2, 0.25) is 0 Å². The molecule has 0 radical (unpaired) electrons. The smallest absolute Gasteiger partial charge is 0.317 e. The minimum Gasteiger partial charge on any atom is -0.454 e. The third-order valence-corrected chi connectivity index (χ3v) is 5.65. The number of fused-ring (bicyclic) bond motifs is 1. The molecule has 2 aromatic carbocycles. The van der Waals surface area contributed by atoms with Crippen LogP contribution in [-0.4, -0.2) is 43.9 Å². The van der Waals surface area contributed by atoms with Crippen molar-refractivity contribution in [1.82, 2.24) is 10.2 Å². The van der Waals surface area contributed by atoms with Crippen molar-refractivity contribution in [2.24, 2.45) is 0 Å². The summed E-state index contributed by atoms with van der Waals surface area (Å²) in [4.78, 5) is 17.0. The van der Waals surface area contributed by atoms with Gasteiger partial charge in [-0.05, 0) is 41.7 Å². The average Bonchev–Trinajstić information content (AvgIpc) is 3.20. The first-order chi connectivity index (χ1) is 14.0. The number of aryl methyl sites for hydroxylation is 1. The lowest BCUT2D eigenvalue weighted by atomic mass is 9.97. The Balaban J connectivity index is 1.33. The molecule has 29 heavy (non-hydrogen) atoms. The van der Waals surface area contributed by atoms with E-state index in [0.717, 1.165) is 43.2 Å². The zero-order valence-electron chi connectivity index (χ0n) is 17.4. The number of amides is 2. The van der Waals surface area contributed by atoms with Gasteiger partial charge in [0.1, 0.15) is 0 Å². The zero-order valence-corrected chi connectivity index (χ0v) is 17.4. The molecule has 1 fully saturated rings. The minimum absolute atomic E-state index is 0.0174. The lowest BCUT2D eigenvalue weighted by Gasteiger charge is -2.38. The Morgan fingerprint density at radius 2 is 1.83 bits per heavy atom. The van der Waals surface area contributed by atoms with Crippen LogP contribution in [0.25, 0.3) is 0 Å². The number of urea groups is 1. The monoisotopic (exact) mass is 395 g/mol. The second-order valence-corrected chi connectivity index (χ2v) is 7.99. The molecule has 0 spiro atoms. The van der Waals surface area contributed by atoms with E-state index in [4.69, 9.17) is 9.47 Å². The van der Waals surface area contributed by atoms with Crippen LogP contribution in [-0.2, 0) is 6.54 Å². The molecule has 2 heterocycles. The summed E-state index contributed by atoms with van der Waals surface area (Å²) < 4.78 is 10.7. The van der Waals surface area contributed by atoms with E-state index in [2.05, 4.69) is 49.2 Å². The number of rotatable bonds is 4. The lowest BCUT2D eigenvalue weighted by molar-refractivity contribution is 0.174. The first-order valence-corrected chi connectivity index (χ1v) is 10.3. The molecule has 0 unspecified atom stereocenters.